The molecule has 2 amide bonds. The Morgan fingerprint density at radius 2 is 1.80 bits per heavy atom. The fourth-order valence-corrected chi connectivity index (χ4v) is 2.74. The van der Waals surface area contributed by atoms with Gasteiger partial charge in [0.1, 0.15) is 0 Å². The largest absolute Gasteiger partial charge is 0.341 e. The first-order valence-electron chi connectivity index (χ1n) is 6.49. The number of hydrogen-bond acceptors (Lipinski definition) is 2. The monoisotopic (exact) mass is 358 g/mol. The Morgan fingerprint density at radius 3 is 2.45 bits per heavy atom. The Balaban J connectivity index is 2.09. The molecule has 1 aliphatic heterocycles. The van der Waals surface area contributed by atoms with Crippen molar-refractivity contribution in [2.24, 2.45) is 0 Å². The van der Waals surface area contributed by atoms with Gasteiger partial charge < -0.3 is 9.80 Å². The third-order valence-electron chi connectivity index (χ3n) is 3.39. The van der Waals surface area contributed by atoms with Crippen LogP contribution in [0.15, 0.2) is 22.7 Å². The second-order valence-corrected chi connectivity index (χ2v) is 6.04. The quantitative estimate of drug-likeness (QED) is 0.773. The number of halogens is 2. The van der Waals surface area contributed by atoms with E-state index in [9.17, 15) is 9.59 Å². The molecule has 6 heteroatoms. The Labute approximate surface area is 131 Å². The number of rotatable bonds is 1. The highest BCUT2D eigenvalue weighted by Gasteiger charge is 2.21. The van der Waals surface area contributed by atoms with E-state index in [1.165, 1.54) is 0 Å². The summed E-state index contributed by atoms with van der Waals surface area (Å²) >= 11 is 9.26. The van der Waals surface area contributed by atoms with Crippen molar-refractivity contribution in [3.63, 3.8) is 0 Å². The summed E-state index contributed by atoms with van der Waals surface area (Å²) < 4.78 is 0.713. The topological polar surface area (TPSA) is 40.6 Å². The molecule has 20 heavy (non-hydrogen) atoms. The standard InChI is InChI=1S/C14H16BrClN2O2/c1-10(19)17-5-2-6-18(8-7-17)14(20)11-3-4-13(16)12(15)9-11/h3-4,9H,2,5-8H2,1H3. The van der Waals surface area contributed by atoms with E-state index in [0.29, 0.717) is 41.2 Å². The van der Waals surface area contributed by atoms with Gasteiger partial charge in [-0.3, -0.25) is 9.59 Å². The molecule has 108 valence electrons. The Kier molecular flexibility index (Phi) is 5.05. The highest BCUT2D eigenvalue weighted by atomic mass is 79.9. The van der Waals surface area contributed by atoms with Gasteiger partial charge in [0.05, 0.1) is 5.02 Å². The van der Waals surface area contributed by atoms with E-state index >= 15 is 0 Å². The van der Waals surface area contributed by atoms with Gasteiger partial charge in [0.25, 0.3) is 5.91 Å². The van der Waals surface area contributed by atoms with Crippen LogP contribution >= 0.6 is 27.5 Å². The minimum atomic E-state index is -0.0206. The second kappa shape index (κ2) is 6.59. The Bertz CT molecular complexity index is 536. The van der Waals surface area contributed by atoms with Gasteiger partial charge in [-0.2, -0.15) is 0 Å². The molecule has 1 saturated heterocycles. The van der Waals surface area contributed by atoms with Crippen LogP contribution in [0.1, 0.15) is 23.7 Å². The lowest BCUT2D eigenvalue weighted by atomic mass is 10.2. The van der Waals surface area contributed by atoms with Crippen LogP contribution in [0.3, 0.4) is 0 Å². The van der Waals surface area contributed by atoms with Crippen molar-refractivity contribution in [1.29, 1.82) is 0 Å². The molecule has 0 bridgehead atoms. The van der Waals surface area contributed by atoms with Gasteiger partial charge in [0.15, 0.2) is 0 Å². The fraction of sp³-hybridized carbons (Fsp3) is 0.429. The molecule has 0 unspecified atom stereocenters. The van der Waals surface area contributed by atoms with E-state index in [-0.39, 0.29) is 11.8 Å². The first-order chi connectivity index (χ1) is 9.49. The smallest absolute Gasteiger partial charge is 0.253 e. The molecule has 0 saturated carbocycles. The molecular formula is C14H16BrClN2O2. The van der Waals surface area contributed by atoms with Crippen molar-refractivity contribution in [1.82, 2.24) is 9.80 Å². The first kappa shape index (κ1) is 15.3. The molecule has 0 atom stereocenters. The number of amides is 2. The number of benzene rings is 1. The SMILES string of the molecule is CC(=O)N1CCCN(C(=O)c2ccc(Cl)c(Br)c2)CC1. The molecule has 0 spiro atoms. The summed E-state index contributed by atoms with van der Waals surface area (Å²) in [6.07, 6.45) is 0.806. The minimum absolute atomic E-state index is 0.0206. The highest BCUT2D eigenvalue weighted by molar-refractivity contribution is 9.10. The minimum Gasteiger partial charge on any atom is -0.341 e. The number of carbonyl (C=O) groups is 2. The van der Waals surface area contributed by atoms with Crippen molar-refractivity contribution < 1.29 is 9.59 Å². The molecule has 4 nitrogen and oxygen atoms in total. The molecule has 1 aromatic carbocycles. The molecule has 2 rings (SSSR count). The summed E-state index contributed by atoms with van der Waals surface area (Å²) in [4.78, 5) is 27.4. The maximum absolute atomic E-state index is 12.5. The zero-order chi connectivity index (χ0) is 14.7. The third kappa shape index (κ3) is 3.52. The molecule has 1 fully saturated rings. The van der Waals surface area contributed by atoms with E-state index in [0.717, 1.165) is 6.42 Å². The first-order valence-corrected chi connectivity index (χ1v) is 7.66. The van der Waals surface area contributed by atoms with Crippen molar-refractivity contribution in [3.05, 3.63) is 33.3 Å². The van der Waals surface area contributed by atoms with Crippen LogP contribution in [0.25, 0.3) is 0 Å². The molecule has 0 aromatic heterocycles. The third-order valence-corrected chi connectivity index (χ3v) is 4.61. The van der Waals surface area contributed by atoms with E-state index in [2.05, 4.69) is 15.9 Å². The van der Waals surface area contributed by atoms with Crippen LogP contribution in [0.5, 0.6) is 0 Å². The predicted molar refractivity (Wildman–Crippen MR) is 81.9 cm³/mol. The van der Waals surface area contributed by atoms with E-state index in [1.54, 1.807) is 34.9 Å². The van der Waals surface area contributed by atoms with Crippen LogP contribution in [0.2, 0.25) is 5.02 Å². The van der Waals surface area contributed by atoms with Crippen LogP contribution in [0.4, 0.5) is 0 Å². The summed E-state index contributed by atoms with van der Waals surface area (Å²) in [5, 5.41) is 0.583. The second-order valence-electron chi connectivity index (χ2n) is 4.78. The molecule has 1 aliphatic rings. The van der Waals surface area contributed by atoms with Crippen molar-refractivity contribution >= 4 is 39.3 Å². The summed E-state index contributed by atoms with van der Waals surface area (Å²) in [6, 6.07) is 5.17. The zero-order valence-electron chi connectivity index (χ0n) is 11.2. The molecule has 1 heterocycles. The maximum Gasteiger partial charge on any atom is 0.253 e. The van der Waals surface area contributed by atoms with Gasteiger partial charge >= 0.3 is 0 Å². The van der Waals surface area contributed by atoms with Gasteiger partial charge in [-0.05, 0) is 40.5 Å². The van der Waals surface area contributed by atoms with E-state index in [1.807, 2.05) is 0 Å². The Morgan fingerprint density at radius 1 is 1.15 bits per heavy atom. The molecular weight excluding hydrogens is 344 g/mol. The summed E-state index contributed by atoms with van der Waals surface area (Å²) in [6.45, 7) is 4.11. The van der Waals surface area contributed by atoms with Gasteiger partial charge in [-0.25, -0.2) is 0 Å². The van der Waals surface area contributed by atoms with Gasteiger partial charge in [0.2, 0.25) is 5.91 Å². The maximum atomic E-state index is 12.5. The molecule has 0 aliphatic carbocycles. The summed E-state index contributed by atoms with van der Waals surface area (Å²) in [5.74, 6) is 0.0429. The molecule has 1 aromatic rings. The summed E-state index contributed by atoms with van der Waals surface area (Å²) in [7, 11) is 0. The van der Waals surface area contributed by atoms with Crippen molar-refractivity contribution in [3.8, 4) is 0 Å². The lowest BCUT2D eigenvalue weighted by Crippen LogP contribution is -2.36. The highest BCUT2D eigenvalue weighted by Crippen LogP contribution is 2.24. The normalized spacial score (nSPS) is 15.9. The van der Waals surface area contributed by atoms with E-state index < -0.39 is 0 Å². The lowest BCUT2D eigenvalue weighted by Gasteiger charge is -2.21. The molecule has 0 N–H and O–H groups in total. The zero-order valence-corrected chi connectivity index (χ0v) is 13.6. The number of nitrogens with zero attached hydrogens (tertiary/aromatic N) is 2. The Hall–Kier alpha value is -1.07. The average Bonchev–Trinajstić information content (AvgIpc) is 2.67. The predicted octanol–water partition coefficient (Wildman–Crippen LogP) is 2.80. The van der Waals surface area contributed by atoms with Crippen molar-refractivity contribution in [2.75, 3.05) is 26.2 Å². The summed E-state index contributed by atoms with van der Waals surface area (Å²) in [5.41, 5.74) is 0.609. The number of hydrogen-bond donors (Lipinski definition) is 0. The van der Waals surface area contributed by atoms with Crippen LogP contribution in [-0.4, -0.2) is 47.8 Å². The number of carbonyl (C=O) groups excluding carboxylic acids is 2. The van der Waals surface area contributed by atoms with Crippen molar-refractivity contribution in [2.45, 2.75) is 13.3 Å². The van der Waals surface area contributed by atoms with Crippen LogP contribution in [-0.2, 0) is 4.79 Å². The van der Waals surface area contributed by atoms with Crippen LogP contribution in [0, 0.1) is 0 Å². The lowest BCUT2D eigenvalue weighted by molar-refractivity contribution is -0.128. The average molecular weight is 360 g/mol. The molecule has 0 radical (unpaired) electrons. The fourth-order valence-electron chi connectivity index (χ4n) is 2.25. The van der Waals surface area contributed by atoms with Gasteiger partial charge in [-0.1, -0.05) is 11.6 Å². The van der Waals surface area contributed by atoms with Crippen LogP contribution < -0.4 is 0 Å². The van der Waals surface area contributed by atoms with E-state index in [4.69, 9.17) is 11.6 Å². The van der Waals surface area contributed by atoms with Gasteiger partial charge in [0, 0.05) is 43.1 Å². The van der Waals surface area contributed by atoms with Gasteiger partial charge in [-0.15, -0.1) is 0 Å².